The highest BCUT2D eigenvalue weighted by atomic mass is 16.1. The van der Waals surface area contributed by atoms with Crippen LogP contribution < -0.4 is 16.4 Å². The average Bonchev–Trinajstić information content (AvgIpc) is 2.58. The lowest BCUT2D eigenvalue weighted by Crippen LogP contribution is -2.21. The zero-order valence-electron chi connectivity index (χ0n) is 7.68. The van der Waals surface area contributed by atoms with Crippen molar-refractivity contribution in [1.82, 2.24) is 10.6 Å². The maximum Gasteiger partial charge on any atom is 0.136 e. The molecule has 12 heavy (non-hydrogen) atoms. The van der Waals surface area contributed by atoms with Crippen LogP contribution in [-0.4, -0.2) is 39.0 Å². The van der Waals surface area contributed by atoms with Gasteiger partial charge in [0.25, 0.3) is 0 Å². The second-order valence-corrected chi connectivity index (χ2v) is 2.73. The van der Waals surface area contributed by atoms with Crippen LogP contribution in [0.15, 0.2) is 0 Å². The van der Waals surface area contributed by atoms with E-state index in [9.17, 15) is 4.79 Å². The molecule has 0 saturated carbocycles. The molecule has 1 saturated heterocycles. The van der Waals surface area contributed by atoms with Crippen molar-refractivity contribution in [3.05, 3.63) is 0 Å². The fraction of sp³-hybridized carbons (Fsp3) is 0.875. The summed E-state index contributed by atoms with van der Waals surface area (Å²) in [4.78, 5) is 9.94. The number of hydrogen-bond acceptors (Lipinski definition) is 4. The fourth-order valence-electron chi connectivity index (χ4n) is 0.972. The lowest BCUT2D eigenvalue weighted by Gasteiger charge is -1.93. The van der Waals surface area contributed by atoms with Gasteiger partial charge in [-0.25, -0.2) is 0 Å². The van der Waals surface area contributed by atoms with Crippen molar-refractivity contribution >= 4 is 6.29 Å². The van der Waals surface area contributed by atoms with E-state index in [1.165, 1.54) is 0 Å². The molecule has 0 radical (unpaired) electrons. The van der Waals surface area contributed by atoms with Gasteiger partial charge in [-0.2, -0.15) is 0 Å². The van der Waals surface area contributed by atoms with E-state index in [0.29, 0.717) is 0 Å². The Morgan fingerprint density at radius 1 is 1.75 bits per heavy atom. The van der Waals surface area contributed by atoms with Gasteiger partial charge in [0.2, 0.25) is 0 Å². The Morgan fingerprint density at radius 3 is 2.67 bits per heavy atom. The molecular weight excluding hydrogens is 154 g/mol. The van der Waals surface area contributed by atoms with Gasteiger partial charge in [-0.15, -0.1) is 0 Å². The predicted molar refractivity (Wildman–Crippen MR) is 50.1 cm³/mol. The Bertz CT molecular complexity index is 100. The van der Waals surface area contributed by atoms with Gasteiger partial charge in [0.1, 0.15) is 6.29 Å². The molecule has 1 atom stereocenters. The van der Waals surface area contributed by atoms with Gasteiger partial charge in [0.15, 0.2) is 0 Å². The Hall–Kier alpha value is -0.450. The summed E-state index contributed by atoms with van der Waals surface area (Å²) >= 11 is 0. The molecule has 4 N–H and O–H groups in total. The van der Waals surface area contributed by atoms with E-state index in [-0.39, 0.29) is 6.04 Å². The van der Waals surface area contributed by atoms with E-state index in [1.807, 2.05) is 7.05 Å². The SMILES string of the molecule is CNCCN.O=CC1CCCN1. The molecule has 72 valence electrons. The molecular formula is C8H19N3O. The number of nitrogens with one attached hydrogen (secondary N) is 2. The van der Waals surface area contributed by atoms with Crippen LogP contribution in [0.3, 0.4) is 0 Å². The number of carbonyl (C=O) groups is 1. The van der Waals surface area contributed by atoms with Crippen LogP contribution in [-0.2, 0) is 4.79 Å². The molecule has 1 rings (SSSR count). The van der Waals surface area contributed by atoms with Gasteiger partial charge in [0, 0.05) is 13.1 Å². The van der Waals surface area contributed by atoms with E-state index in [4.69, 9.17) is 5.73 Å². The molecule has 1 aliphatic rings. The van der Waals surface area contributed by atoms with Crippen molar-refractivity contribution in [2.45, 2.75) is 18.9 Å². The Morgan fingerprint density at radius 2 is 2.50 bits per heavy atom. The second kappa shape index (κ2) is 8.64. The van der Waals surface area contributed by atoms with Crippen molar-refractivity contribution in [2.24, 2.45) is 5.73 Å². The predicted octanol–water partition coefficient (Wildman–Crippen LogP) is -0.898. The summed E-state index contributed by atoms with van der Waals surface area (Å²) in [5, 5.41) is 5.93. The van der Waals surface area contributed by atoms with E-state index < -0.39 is 0 Å². The summed E-state index contributed by atoms with van der Waals surface area (Å²) in [7, 11) is 1.88. The molecule has 0 aliphatic carbocycles. The molecule has 4 nitrogen and oxygen atoms in total. The third kappa shape index (κ3) is 6.27. The monoisotopic (exact) mass is 173 g/mol. The summed E-state index contributed by atoms with van der Waals surface area (Å²) in [6.07, 6.45) is 3.17. The largest absolute Gasteiger partial charge is 0.329 e. The Balaban J connectivity index is 0.000000217. The Kier molecular flexibility index (Phi) is 8.32. The van der Waals surface area contributed by atoms with E-state index in [2.05, 4.69) is 10.6 Å². The van der Waals surface area contributed by atoms with Gasteiger partial charge in [-0.05, 0) is 26.4 Å². The average molecular weight is 173 g/mol. The molecule has 0 spiro atoms. The smallest absolute Gasteiger partial charge is 0.136 e. The third-order valence-electron chi connectivity index (χ3n) is 1.66. The summed E-state index contributed by atoms with van der Waals surface area (Å²) in [5.74, 6) is 0. The van der Waals surface area contributed by atoms with Crippen LogP contribution in [0, 0.1) is 0 Å². The van der Waals surface area contributed by atoms with Crippen LogP contribution in [0.2, 0.25) is 0 Å². The maximum absolute atomic E-state index is 9.94. The molecule has 4 heteroatoms. The first kappa shape index (κ1) is 11.6. The molecule has 0 amide bonds. The highest BCUT2D eigenvalue weighted by molar-refractivity contribution is 5.57. The van der Waals surface area contributed by atoms with E-state index in [0.717, 1.165) is 38.8 Å². The topological polar surface area (TPSA) is 67.1 Å². The number of rotatable bonds is 3. The first-order valence-corrected chi connectivity index (χ1v) is 4.38. The molecule has 0 aromatic carbocycles. The van der Waals surface area contributed by atoms with Crippen LogP contribution >= 0.6 is 0 Å². The van der Waals surface area contributed by atoms with Crippen LogP contribution in [0.1, 0.15) is 12.8 Å². The number of aldehydes is 1. The summed E-state index contributed by atoms with van der Waals surface area (Å²) in [6.45, 7) is 2.67. The van der Waals surface area contributed by atoms with Gasteiger partial charge < -0.3 is 21.2 Å². The van der Waals surface area contributed by atoms with Gasteiger partial charge in [0.05, 0.1) is 6.04 Å². The van der Waals surface area contributed by atoms with Gasteiger partial charge in [-0.1, -0.05) is 0 Å². The fourth-order valence-corrected chi connectivity index (χ4v) is 0.972. The number of hydrogen-bond donors (Lipinski definition) is 3. The molecule has 1 aliphatic heterocycles. The van der Waals surface area contributed by atoms with Crippen molar-refractivity contribution in [1.29, 1.82) is 0 Å². The molecule has 1 heterocycles. The van der Waals surface area contributed by atoms with Crippen molar-refractivity contribution in [3.63, 3.8) is 0 Å². The minimum Gasteiger partial charge on any atom is -0.329 e. The quantitative estimate of drug-likeness (QED) is 0.484. The molecule has 0 aromatic heterocycles. The zero-order chi connectivity index (χ0) is 9.23. The molecule has 0 bridgehead atoms. The molecule has 0 aromatic rings. The van der Waals surface area contributed by atoms with Gasteiger partial charge >= 0.3 is 0 Å². The highest BCUT2D eigenvalue weighted by Crippen LogP contribution is 2.00. The maximum atomic E-state index is 9.94. The number of carbonyl (C=O) groups excluding carboxylic acids is 1. The second-order valence-electron chi connectivity index (χ2n) is 2.73. The highest BCUT2D eigenvalue weighted by Gasteiger charge is 2.10. The first-order valence-electron chi connectivity index (χ1n) is 4.38. The standard InChI is InChI=1S/C5H9NO.C3H10N2/c7-4-5-2-1-3-6-5;1-5-3-2-4/h4-6H,1-3H2;5H,2-4H2,1H3. The van der Waals surface area contributed by atoms with Crippen molar-refractivity contribution < 1.29 is 4.79 Å². The summed E-state index contributed by atoms with van der Waals surface area (Å²) in [5.41, 5.74) is 5.08. The van der Waals surface area contributed by atoms with Crippen LogP contribution in [0.5, 0.6) is 0 Å². The molecule has 1 fully saturated rings. The third-order valence-corrected chi connectivity index (χ3v) is 1.66. The number of likely N-dealkylation sites (N-methyl/N-ethyl adjacent to an activating group) is 1. The summed E-state index contributed by atoms with van der Waals surface area (Å²) in [6, 6.07) is 0.167. The number of nitrogens with two attached hydrogens (primary N) is 1. The zero-order valence-corrected chi connectivity index (χ0v) is 7.68. The van der Waals surface area contributed by atoms with E-state index >= 15 is 0 Å². The minimum atomic E-state index is 0.167. The van der Waals surface area contributed by atoms with Crippen LogP contribution in [0.4, 0.5) is 0 Å². The lowest BCUT2D eigenvalue weighted by molar-refractivity contribution is -0.109. The van der Waals surface area contributed by atoms with E-state index in [1.54, 1.807) is 0 Å². The lowest BCUT2D eigenvalue weighted by atomic mass is 10.2. The minimum absolute atomic E-state index is 0.167. The van der Waals surface area contributed by atoms with Crippen LogP contribution in [0.25, 0.3) is 0 Å². The normalized spacial score (nSPS) is 21.3. The van der Waals surface area contributed by atoms with Gasteiger partial charge in [-0.3, -0.25) is 0 Å². The first-order chi connectivity index (χ1) is 5.85. The summed E-state index contributed by atoms with van der Waals surface area (Å²) < 4.78 is 0. The Labute approximate surface area is 73.9 Å². The van der Waals surface area contributed by atoms with Crippen molar-refractivity contribution in [2.75, 3.05) is 26.7 Å². The molecule has 1 unspecified atom stereocenters. The van der Waals surface area contributed by atoms with Crippen molar-refractivity contribution in [3.8, 4) is 0 Å².